The zero-order valence-corrected chi connectivity index (χ0v) is 11.4. The van der Waals surface area contributed by atoms with Gasteiger partial charge in [-0.1, -0.05) is 0 Å². The van der Waals surface area contributed by atoms with E-state index < -0.39 is 6.16 Å². The molecule has 98 valence electrons. The molecule has 0 fully saturated rings. The van der Waals surface area contributed by atoms with Gasteiger partial charge in [-0.3, -0.25) is 0 Å². The molecule has 0 aromatic carbocycles. The fourth-order valence-corrected chi connectivity index (χ4v) is 1.15. The van der Waals surface area contributed by atoms with Crippen LogP contribution in [0, 0.1) is 0 Å². The number of carboxylic acid groups (broad SMARTS) is 2. The lowest BCUT2D eigenvalue weighted by atomic mass is 10.1. The van der Waals surface area contributed by atoms with Crippen LogP contribution < -0.4 is 9.67 Å². The maximum atomic E-state index is 8.44. The molecule has 5 nitrogen and oxygen atoms in total. The Morgan fingerprint density at radius 3 is 1.82 bits per heavy atom. The van der Waals surface area contributed by atoms with Crippen LogP contribution in [0.15, 0.2) is 18.7 Å². The van der Waals surface area contributed by atoms with Crippen LogP contribution in [0.1, 0.15) is 41.5 Å². The summed E-state index contributed by atoms with van der Waals surface area (Å²) in [5, 5.41) is 15.3. The van der Waals surface area contributed by atoms with Crippen LogP contribution in [0.5, 0.6) is 0 Å². The van der Waals surface area contributed by atoms with Gasteiger partial charge in [-0.2, -0.15) is 0 Å². The third-order valence-electron chi connectivity index (χ3n) is 2.19. The van der Waals surface area contributed by atoms with Gasteiger partial charge in [-0.25, -0.2) is 9.13 Å². The molecule has 0 amide bonds. The topological polar surface area (TPSA) is 69.2 Å². The summed E-state index contributed by atoms with van der Waals surface area (Å²) < 4.78 is 4.47. The number of hydrogen-bond acceptors (Lipinski definition) is 2. The third kappa shape index (κ3) is 5.94. The first-order valence-corrected chi connectivity index (χ1v) is 5.45. The maximum Gasteiger partial charge on any atom is 0.249 e. The van der Waals surface area contributed by atoms with Gasteiger partial charge in [-0.15, -0.1) is 0 Å². The molecule has 0 bridgehead atoms. The summed E-state index contributed by atoms with van der Waals surface area (Å²) in [6.07, 6.45) is 4.34. The predicted molar refractivity (Wildman–Crippen MR) is 62.6 cm³/mol. The molecular weight excluding hydrogens is 220 g/mol. The summed E-state index contributed by atoms with van der Waals surface area (Å²) in [5.41, 5.74) is 0.354. The Morgan fingerprint density at radius 2 is 1.65 bits per heavy atom. The molecular formula is C12H22N2O3. The molecule has 1 aromatic heterocycles. The lowest BCUT2D eigenvalue weighted by Crippen LogP contribution is -2.48. The molecule has 0 unspecified atom stereocenters. The monoisotopic (exact) mass is 242 g/mol. The normalized spacial score (nSPS) is 11.6. The number of hydrogen-bond donors (Lipinski definition) is 1. The number of imidazole rings is 1. The van der Waals surface area contributed by atoms with Crippen molar-refractivity contribution >= 4 is 6.16 Å². The Bertz CT molecular complexity index is 337. The quantitative estimate of drug-likeness (QED) is 0.694. The number of nitrogens with zero attached hydrogens (tertiary/aromatic N) is 2. The molecule has 0 radical (unpaired) electrons. The fraction of sp³-hybridized carbons (Fsp3) is 0.667. The summed E-state index contributed by atoms with van der Waals surface area (Å²) >= 11 is 0. The second-order valence-electron chi connectivity index (χ2n) is 5.84. The molecule has 17 heavy (non-hydrogen) atoms. The molecule has 1 heterocycles. The van der Waals surface area contributed by atoms with E-state index in [1.807, 2.05) is 0 Å². The first-order chi connectivity index (χ1) is 7.44. The van der Waals surface area contributed by atoms with Gasteiger partial charge in [0.2, 0.25) is 12.5 Å². The summed E-state index contributed by atoms with van der Waals surface area (Å²) in [7, 11) is 0. The minimum atomic E-state index is -2.08. The highest BCUT2D eigenvalue weighted by atomic mass is 16.6. The lowest BCUT2D eigenvalue weighted by molar-refractivity contribution is -0.753. The Morgan fingerprint density at radius 1 is 1.24 bits per heavy atom. The summed E-state index contributed by atoms with van der Waals surface area (Å²) in [6.45, 7) is 13.3. The number of aromatic nitrogens is 2. The van der Waals surface area contributed by atoms with Crippen molar-refractivity contribution < 1.29 is 19.6 Å². The number of rotatable bonds is 0. The molecule has 0 saturated heterocycles. The van der Waals surface area contributed by atoms with Gasteiger partial charge in [-0.05, 0) is 41.5 Å². The first-order valence-electron chi connectivity index (χ1n) is 5.45. The number of carbonyl (C=O) groups is 1. The maximum absolute atomic E-state index is 8.44. The van der Waals surface area contributed by atoms with Gasteiger partial charge in [0, 0.05) is 0 Å². The van der Waals surface area contributed by atoms with Crippen LogP contribution in [0.3, 0.4) is 0 Å². The summed E-state index contributed by atoms with van der Waals surface area (Å²) in [5.74, 6) is 0. The van der Waals surface area contributed by atoms with Gasteiger partial charge in [0.25, 0.3) is 0 Å². The van der Waals surface area contributed by atoms with E-state index in [9.17, 15) is 0 Å². The van der Waals surface area contributed by atoms with Crippen molar-refractivity contribution in [3.05, 3.63) is 18.7 Å². The molecule has 0 spiro atoms. The predicted octanol–water partition coefficient (Wildman–Crippen LogP) is 1.17. The summed E-state index contributed by atoms with van der Waals surface area (Å²) in [4.78, 5) is 8.44. The lowest BCUT2D eigenvalue weighted by Gasteiger charge is -2.16. The Balaban J connectivity index is 0.000000557. The van der Waals surface area contributed by atoms with E-state index in [1.165, 1.54) is 0 Å². The zero-order valence-electron chi connectivity index (χ0n) is 11.4. The van der Waals surface area contributed by atoms with Gasteiger partial charge < -0.3 is 15.0 Å². The smallest absolute Gasteiger partial charge is 0.249 e. The first kappa shape index (κ1) is 15.5. The van der Waals surface area contributed by atoms with Crippen molar-refractivity contribution in [1.29, 1.82) is 0 Å². The van der Waals surface area contributed by atoms with Gasteiger partial charge in [0.1, 0.15) is 23.5 Å². The zero-order chi connectivity index (χ0) is 13.9. The Kier molecular flexibility index (Phi) is 4.74. The van der Waals surface area contributed by atoms with E-state index in [0.717, 1.165) is 0 Å². The van der Waals surface area contributed by atoms with Crippen LogP contribution >= 0.6 is 0 Å². The van der Waals surface area contributed by atoms with Crippen LogP contribution in [-0.4, -0.2) is 15.8 Å². The van der Waals surface area contributed by atoms with Gasteiger partial charge in [0.15, 0.2) is 0 Å². The largest absolute Gasteiger partial charge is 0.565 e. The van der Waals surface area contributed by atoms with E-state index in [2.05, 4.69) is 69.4 Å². The molecule has 1 aromatic rings. The highest BCUT2D eigenvalue weighted by Gasteiger charge is 2.24. The third-order valence-corrected chi connectivity index (χ3v) is 2.19. The van der Waals surface area contributed by atoms with E-state index >= 15 is 0 Å². The second-order valence-corrected chi connectivity index (χ2v) is 5.84. The molecule has 1 rings (SSSR count). The average molecular weight is 242 g/mol. The Hall–Kier alpha value is -1.52. The van der Waals surface area contributed by atoms with Crippen LogP contribution in [0.2, 0.25) is 0 Å². The molecule has 0 saturated carbocycles. The van der Waals surface area contributed by atoms with Crippen LogP contribution in [-0.2, 0) is 11.1 Å². The van der Waals surface area contributed by atoms with Crippen molar-refractivity contribution in [2.45, 2.75) is 52.6 Å². The van der Waals surface area contributed by atoms with E-state index in [4.69, 9.17) is 15.0 Å². The van der Waals surface area contributed by atoms with Crippen molar-refractivity contribution in [1.82, 2.24) is 4.57 Å². The van der Waals surface area contributed by atoms with Crippen LogP contribution in [0.4, 0.5) is 4.79 Å². The molecule has 5 heteroatoms. The highest BCUT2D eigenvalue weighted by Crippen LogP contribution is 2.13. The average Bonchev–Trinajstić information content (AvgIpc) is 2.46. The molecule has 0 aliphatic carbocycles. The highest BCUT2D eigenvalue weighted by molar-refractivity contribution is 5.50. The van der Waals surface area contributed by atoms with E-state index in [1.54, 1.807) is 0 Å². The fourth-order valence-electron chi connectivity index (χ4n) is 1.15. The van der Waals surface area contributed by atoms with E-state index in [-0.39, 0.29) is 11.1 Å². The molecule has 0 aliphatic rings. The minimum absolute atomic E-state index is 0.177. The second kappa shape index (κ2) is 5.21. The molecule has 0 atom stereocenters. The minimum Gasteiger partial charge on any atom is -0.565 e. The van der Waals surface area contributed by atoms with Crippen molar-refractivity contribution in [2.24, 2.45) is 0 Å². The molecule has 1 N–H and O–H groups in total. The van der Waals surface area contributed by atoms with Gasteiger partial charge >= 0.3 is 0 Å². The Labute approximate surface area is 102 Å². The SMILES string of the molecule is CC(C)(C)n1cc[n+](C(C)(C)C)c1.O=C([O-])O. The van der Waals surface area contributed by atoms with Gasteiger partial charge in [0.05, 0.1) is 0 Å². The van der Waals surface area contributed by atoms with Crippen molar-refractivity contribution in [3.63, 3.8) is 0 Å². The van der Waals surface area contributed by atoms with Crippen molar-refractivity contribution in [3.8, 4) is 0 Å². The molecule has 0 aliphatic heterocycles. The standard InChI is InChI=1S/C11H21N2.CH2O3/c1-10(2,3)12-7-8-13(9-12)11(4,5)6;2-1(3)4/h7-9H,1-6H3;(H2,2,3,4)/q+1;/p-1. The van der Waals surface area contributed by atoms with E-state index in [0.29, 0.717) is 0 Å². The summed E-state index contributed by atoms with van der Waals surface area (Å²) in [6, 6.07) is 0. The van der Waals surface area contributed by atoms with Crippen molar-refractivity contribution in [2.75, 3.05) is 0 Å². The van der Waals surface area contributed by atoms with Crippen LogP contribution in [0.25, 0.3) is 0 Å².